The molecule has 1 aromatic carbocycles. The van der Waals surface area contributed by atoms with Crippen LogP contribution in [-0.4, -0.2) is 34.1 Å². The maximum Gasteiger partial charge on any atom is 0.326 e. The summed E-state index contributed by atoms with van der Waals surface area (Å²) in [6.07, 6.45) is 2.08. The van der Waals surface area contributed by atoms with Gasteiger partial charge in [0.25, 0.3) is 0 Å². The molecule has 0 fully saturated rings. The summed E-state index contributed by atoms with van der Waals surface area (Å²) in [5.74, 6) is -1.59. The van der Waals surface area contributed by atoms with E-state index in [1.165, 1.54) is 0 Å². The fourth-order valence-electron chi connectivity index (χ4n) is 2.17. The molecule has 1 amide bonds. The topological polar surface area (TPSA) is 105 Å². The molecule has 0 saturated carbocycles. The van der Waals surface area contributed by atoms with Crippen molar-refractivity contribution in [2.75, 3.05) is 0 Å². The fourth-order valence-corrected chi connectivity index (χ4v) is 2.17. The first kappa shape index (κ1) is 22.9. The number of benzene rings is 1. The van der Waals surface area contributed by atoms with Gasteiger partial charge < -0.3 is 16.2 Å². The van der Waals surface area contributed by atoms with Gasteiger partial charge in [-0.2, -0.15) is 0 Å². The highest BCUT2D eigenvalue weighted by atomic mass is 35.5. The minimum atomic E-state index is -1.09. The van der Waals surface area contributed by atoms with Gasteiger partial charge >= 0.3 is 5.97 Å². The molecule has 0 spiro atoms. The molecule has 25 heavy (non-hydrogen) atoms. The predicted octanol–water partition coefficient (Wildman–Crippen LogP) is 1.61. The van der Waals surface area contributed by atoms with E-state index in [0.717, 1.165) is 5.56 Å². The molecule has 8 heteroatoms. The number of hydrogen-bond donors (Lipinski definition) is 3. The minimum absolute atomic E-state index is 0. The monoisotopic (exact) mass is 385 g/mol. The second kappa shape index (κ2) is 11.4. The van der Waals surface area contributed by atoms with Crippen LogP contribution >= 0.6 is 24.8 Å². The van der Waals surface area contributed by atoms with Crippen LogP contribution in [0.15, 0.2) is 54.7 Å². The molecule has 1 heterocycles. The van der Waals surface area contributed by atoms with Gasteiger partial charge in [0.05, 0.1) is 6.04 Å². The summed E-state index contributed by atoms with van der Waals surface area (Å²) in [5.41, 5.74) is 7.36. The third kappa shape index (κ3) is 7.51. The molecule has 0 saturated heterocycles. The number of rotatable bonds is 7. The molecule has 0 aliphatic carbocycles. The van der Waals surface area contributed by atoms with Crippen molar-refractivity contribution in [2.45, 2.75) is 24.9 Å². The highest BCUT2D eigenvalue weighted by molar-refractivity contribution is 5.87. The molecular weight excluding hydrogens is 365 g/mol. The van der Waals surface area contributed by atoms with Gasteiger partial charge in [-0.25, -0.2) is 4.79 Å². The number of halogens is 2. The zero-order valence-electron chi connectivity index (χ0n) is 13.4. The quantitative estimate of drug-likeness (QED) is 0.671. The Hall–Kier alpha value is -2.15. The second-order valence-corrected chi connectivity index (χ2v) is 5.22. The summed E-state index contributed by atoms with van der Waals surface area (Å²) in [6, 6.07) is 12.6. The number of carbonyl (C=O) groups is 2. The van der Waals surface area contributed by atoms with E-state index >= 15 is 0 Å². The lowest BCUT2D eigenvalue weighted by Crippen LogP contribution is -2.50. The van der Waals surface area contributed by atoms with Crippen LogP contribution in [0.1, 0.15) is 11.3 Å². The molecule has 1 aromatic heterocycles. The molecule has 2 aromatic rings. The first-order valence-electron chi connectivity index (χ1n) is 7.29. The van der Waals surface area contributed by atoms with Crippen molar-refractivity contribution in [3.05, 3.63) is 66.0 Å². The average molecular weight is 386 g/mol. The van der Waals surface area contributed by atoms with E-state index in [4.69, 9.17) is 5.73 Å². The summed E-state index contributed by atoms with van der Waals surface area (Å²) >= 11 is 0. The van der Waals surface area contributed by atoms with Gasteiger partial charge in [0, 0.05) is 24.7 Å². The molecule has 4 N–H and O–H groups in total. The van der Waals surface area contributed by atoms with Crippen LogP contribution in [0.5, 0.6) is 0 Å². The van der Waals surface area contributed by atoms with Crippen molar-refractivity contribution in [2.24, 2.45) is 5.73 Å². The van der Waals surface area contributed by atoms with E-state index in [2.05, 4.69) is 10.3 Å². The SMILES string of the molecule is Cl.Cl.N[C@@H](Cc1ccccn1)C(=O)NC(Cc1ccccc1)C(=O)O. The number of pyridine rings is 1. The summed E-state index contributed by atoms with van der Waals surface area (Å²) in [6.45, 7) is 0. The van der Waals surface area contributed by atoms with Gasteiger partial charge in [0.1, 0.15) is 6.04 Å². The molecule has 2 rings (SSSR count). The molecule has 0 aliphatic heterocycles. The maximum atomic E-state index is 12.1. The first-order chi connectivity index (χ1) is 11.1. The van der Waals surface area contributed by atoms with Gasteiger partial charge in [-0.15, -0.1) is 24.8 Å². The zero-order chi connectivity index (χ0) is 16.7. The van der Waals surface area contributed by atoms with Crippen LogP contribution in [0.25, 0.3) is 0 Å². The van der Waals surface area contributed by atoms with E-state index in [0.29, 0.717) is 5.69 Å². The Kier molecular flexibility index (Phi) is 10.4. The van der Waals surface area contributed by atoms with Gasteiger partial charge in [0.2, 0.25) is 5.91 Å². The van der Waals surface area contributed by atoms with Crippen LogP contribution < -0.4 is 11.1 Å². The largest absolute Gasteiger partial charge is 0.480 e. The van der Waals surface area contributed by atoms with Crippen molar-refractivity contribution in [1.29, 1.82) is 0 Å². The van der Waals surface area contributed by atoms with Gasteiger partial charge in [-0.3, -0.25) is 9.78 Å². The fraction of sp³-hybridized carbons (Fsp3) is 0.235. The number of nitrogens with one attached hydrogen (secondary N) is 1. The third-order valence-electron chi connectivity index (χ3n) is 3.39. The Balaban J connectivity index is 0.00000288. The number of carboxylic acid groups (broad SMARTS) is 1. The molecule has 0 aliphatic rings. The molecular formula is C17H21Cl2N3O3. The smallest absolute Gasteiger partial charge is 0.326 e. The van der Waals surface area contributed by atoms with Crippen molar-refractivity contribution < 1.29 is 14.7 Å². The number of aromatic nitrogens is 1. The van der Waals surface area contributed by atoms with Gasteiger partial charge in [-0.1, -0.05) is 36.4 Å². The van der Waals surface area contributed by atoms with Crippen LogP contribution in [0.4, 0.5) is 0 Å². The first-order valence-corrected chi connectivity index (χ1v) is 7.29. The Morgan fingerprint density at radius 2 is 1.68 bits per heavy atom. The maximum absolute atomic E-state index is 12.1. The van der Waals surface area contributed by atoms with E-state index in [1.807, 2.05) is 36.4 Å². The van der Waals surface area contributed by atoms with Crippen LogP contribution in [0, 0.1) is 0 Å². The third-order valence-corrected chi connectivity index (χ3v) is 3.39. The second-order valence-electron chi connectivity index (χ2n) is 5.22. The molecule has 136 valence electrons. The minimum Gasteiger partial charge on any atom is -0.480 e. The van der Waals surface area contributed by atoms with Crippen LogP contribution in [0.2, 0.25) is 0 Å². The number of carbonyl (C=O) groups excluding carboxylic acids is 1. The number of aliphatic carboxylic acids is 1. The van der Waals surface area contributed by atoms with Crippen molar-refractivity contribution >= 4 is 36.7 Å². The Labute approximate surface area is 158 Å². The lowest BCUT2D eigenvalue weighted by Gasteiger charge is -2.18. The number of nitrogens with two attached hydrogens (primary N) is 1. The molecule has 0 bridgehead atoms. The molecule has 1 unspecified atom stereocenters. The summed E-state index contributed by atoms with van der Waals surface area (Å²) in [5, 5.41) is 11.8. The Bertz CT molecular complexity index is 657. The molecule has 0 radical (unpaired) electrons. The van der Waals surface area contributed by atoms with Gasteiger partial charge in [0.15, 0.2) is 0 Å². The summed E-state index contributed by atoms with van der Waals surface area (Å²) in [7, 11) is 0. The highest BCUT2D eigenvalue weighted by Gasteiger charge is 2.23. The van der Waals surface area contributed by atoms with Crippen molar-refractivity contribution in [3.8, 4) is 0 Å². The molecule has 2 atom stereocenters. The Morgan fingerprint density at radius 1 is 1.04 bits per heavy atom. The molecule has 6 nitrogen and oxygen atoms in total. The Morgan fingerprint density at radius 3 is 2.24 bits per heavy atom. The van der Waals surface area contributed by atoms with Crippen LogP contribution in [-0.2, 0) is 22.4 Å². The van der Waals surface area contributed by atoms with E-state index in [-0.39, 0.29) is 37.7 Å². The van der Waals surface area contributed by atoms with E-state index < -0.39 is 24.0 Å². The number of hydrogen-bond acceptors (Lipinski definition) is 4. The average Bonchev–Trinajstić information content (AvgIpc) is 2.56. The zero-order valence-corrected chi connectivity index (χ0v) is 15.0. The number of carboxylic acids is 1. The lowest BCUT2D eigenvalue weighted by atomic mass is 10.0. The van der Waals surface area contributed by atoms with E-state index in [9.17, 15) is 14.7 Å². The normalized spacial score (nSPS) is 12.0. The number of nitrogens with zero attached hydrogens (tertiary/aromatic N) is 1. The van der Waals surface area contributed by atoms with Gasteiger partial charge in [-0.05, 0) is 17.7 Å². The number of amides is 1. The van der Waals surface area contributed by atoms with E-state index in [1.54, 1.807) is 18.3 Å². The van der Waals surface area contributed by atoms with Crippen molar-refractivity contribution in [3.63, 3.8) is 0 Å². The van der Waals surface area contributed by atoms with Crippen molar-refractivity contribution in [1.82, 2.24) is 10.3 Å². The summed E-state index contributed by atoms with van der Waals surface area (Å²) < 4.78 is 0. The van der Waals surface area contributed by atoms with Crippen LogP contribution in [0.3, 0.4) is 0 Å². The standard InChI is InChI=1S/C17H19N3O3.2ClH/c18-14(11-13-8-4-5-9-19-13)16(21)20-15(17(22)23)10-12-6-2-1-3-7-12;;/h1-9,14-15H,10-11,18H2,(H,20,21)(H,22,23);2*1H/t14-,15?;;/m0../s1. The summed E-state index contributed by atoms with van der Waals surface area (Å²) in [4.78, 5) is 27.6. The lowest BCUT2D eigenvalue weighted by molar-refractivity contribution is -0.141. The predicted molar refractivity (Wildman–Crippen MR) is 100 cm³/mol. The highest BCUT2D eigenvalue weighted by Crippen LogP contribution is 2.04.